The van der Waals surface area contributed by atoms with E-state index in [1.165, 1.54) is 16.4 Å². The van der Waals surface area contributed by atoms with Crippen LogP contribution in [0.2, 0.25) is 0 Å². The summed E-state index contributed by atoms with van der Waals surface area (Å²) in [5.41, 5.74) is 0. The maximum Gasteiger partial charge on any atom is 0.345 e. The van der Waals surface area contributed by atoms with E-state index in [0.717, 1.165) is 43.4 Å². The van der Waals surface area contributed by atoms with Gasteiger partial charge in [-0.2, -0.15) is 4.31 Å². The van der Waals surface area contributed by atoms with Gasteiger partial charge in [0.05, 0.1) is 0 Å². The molecular formula is C14H21NO4S2. The number of thiophene rings is 1. The summed E-state index contributed by atoms with van der Waals surface area (Å²) < 4.78 is 26.8. The standard InChI is InChI=1S/C14H21NO4S2/c1-2-4-11-5-3-9-15(10-8-11)21(18,19)13-7-6-12(20-13)14(16)17/h6-7,11H,2-5,8-10H2,1H3,(H,16,17). The monoisotopic (exact) mass is 331 g/mol. The summed E-state index contributed by atoms with van der Waals surface area (Å²) in [5.74, 6) is -0.478. The van der Waals surface area contributed by atoms with E-state index in [1.807, 2.05) is 0 Å². The highest BCUT2D eigenvalue weighted by Crippen LogP contribution is 2.29. The number of hydrogen-bond acceptors (Lipinski definition) is 4. The van der Waals surface area contributed by atoms with Crippen molar-refractivity contribution < 1.29 is 18.3 Å². The third-order valence-corrected chi connectivity index (χ3v) is 7.33. The van der Waals surface area contributed by atoms with Crippen LogP contribution in [0.5, 0.6) is 0 Å². The zero-order chi connectivity index (χ0) is 15.5. The first-order valence-electron chi connectivity index (χ1n) is 7.28. The summed E-state index contributed by atoms with van der Waals surface area (Å²) in [7, 11) is -3.55. The van der Waals surface area contributed by atoms with Gasteiger partial charge in [0.1, 0.15) is 9.09 Å². The van der Waals surface area contributed by atoms with E-state index < -0.39 is 16.0 Å². The van der Waals surface area contributed by atoms with Crippen LogP contribution in [-0.4, -0.2) is 36.9 Å². The molecule has 1 aromatic heterocycles. The van der Waals surface area contributed by atoms with Gasteiger partial charge in [-0.15, -0.1) is 11.3 Å². The van der Waals surface area contributed by atoms with Gasteiger partial charge < -0.3 is 5.11 Å². The molecule has 7 heteroatoms. The quantitative estimate of drug-likeness (QED) is 0.900. The fraction of sp³-hybridized carbons (Fsp3) is 0.643. The molecule has 0 aliphatic carbocycles. The molecule has 0 bridgehead atoms. The molecule has 2 rings (SSSR count). The van der Waals surface area contributed by atoms with Crippen molar-refractivity contribution in [2.24, 2.45) is 5.92 Å². The van der Waals surface area contributed by atoms with E-state index in [9.17, 15) is 13.2 Å². The van der Waals surface area contributed by atoms with Crippen LogP contribution in [0.1, 0.15) is 48.7 Å². The Balaban J connectivity index is 2.13. The molecule has 1 saturated heterocycles. The van der Waals surface area contributed by atoms with Crippen molar-refractivity contribution in [1.82, 2.24) is 4.31 Å². The Bertz CT molecular complexity index is 594. The van der Waals surface area contributed by atoms with Crippen molar-refractivity contribution in [2.75, 3.05) is 13.1 Å². The van der Waals surface area contributed by atoms with Crippen LogP contribution in [-0.2, 0) is 10.0 Å². The summed E-state index contributed by atoms with van der Waals surface area (Å²) >= 11 is 0.830. The van der Waals surface area contributed by atoms with Gasteiger partial charge in [-0.3, -0.25) is 0 Å². The van der Waals surface area contributed by atoms with E-state index >= 15 is 0 Å². The maximum atomic E-state index is 12.6. The third kappa shape index (κ3) is 3.84. The zero-order valence-corrected chi connectivity index (χ0v) is 13.8. The largest absolute Gasteiger partial charge is 0.477 e. The van der Waals surface area contributed by atoms with Gasteiger partial charge in [0.25, 0.3) is 10.0 Å². The molecule has 1 aromatic rings. The second kappa shape index (κ2) is 6.89. The van der Waals surface area contributed by atoms with E-state index in [2.05, 4.69) is 6.92 Å². The number of aromatic carboxylic acids is 1. The Morgan fingerprint density at radius 2 is 2.14 bits per heavy atom. The molecule has 1 N–H and O–H groups in total. The van der Waals surface area contributed by atoms with Crippen molar-refractivity contribution >= 4 is 27.3 Å². The minimum Gasteiger partial charge on any atom is -0.477 e. The summed E-state index contributed by atoms with van der Waals surface area (Å²) in [5, 5.41) is 8.91. The molecule has 0 saturated carbocycles. The topological polar surface area (TPSA) is 74.7 Å². The average Bonchev–Trinajstić information content (AvgIpc) is 2.82. The third-order valence-electron chi connectivity index (χ3n) is 3.89. The fourth-order valence-electron chi connectivity index (χ4n) is 2.78. The molecule has 21 heavy (non-hydrogen) atoms. The summed E-state index contributed by atoms with van der Waals surface area (Å²) in [4.78, 5) is 11.0. The Kier molecular flexibility index (Phi) is 5.40. The van der Waals surface area contributed by atoms with Crippen molar-refractivity contribution in [2.45, 2.75) is 43.2 Å². The Morgan fingerprint density at radius 3 is 2.76 bits per heavy atom. The molecule has 0 radical (unpaired) electrons. The second-order valence-electron chi connectivity index (χ2n) is 5.41. The van der Waals surface area contributed by atoms with Gasteiger partial charge in [-0.05, 0) is 37.3 Å². The van der Waals surface area contributed by atoms with Crippen LogP contribution in [0.3, 0.4) is 0 Å². The van der Waals surface area contributed by atoms with Crippen LogP contribution in [0.15, 0.2) is 16.3 Å². The molecular weight excluding hydrogens is 310 g/mol. The van der Waals surface area contributed by atoms with Gasteiger partial charge in [-0.1, -0.05) is 19.8 Å². The van der Waals surface area contributed by atoms with Gasteiger partial charge in [0.15, 0.2) is 0 Å². The Morgan fingerprint density at radius 1 is 1.38 bits per heavy atom. The van der Waals surface area contributed by atoms with Crippen LogP contribution < -0.4 is 0 Å². The molecule has 0 aromatic carbocycles. The highest BCUT2D eigenvalue weighted by atomic mass is 32.2. The molecule has 1 unspecified atom stereocenters. The average molecular weight is 331 g/mol. The molecule has 1 aliphatic heterocycles. The van der Waals surface area contributed by atoms with Crippen LogP contribution in [0, 0.1) is 5.92 Å². The lowest BCUT2D eigenvalue weighted by atomic mass is 9.96. The Labute approximate surface area is 129 Å². The van der Waals surface area contributed by atoms with Gasteiger partial charge >= 0.3 is 5.97 Å². The molecule has 1 aliphatic rings. The molecule has 1 atom stereocenters. The molecule has 5 nitrogen and oxygen atoms in total. The molecule has 1 fully saturated rings. The van der Waals surface area contributed by atoms with Crippen LogP contribution >= 0.6 is 11.3 Å². The Hall–Kier alpha value is -0.920. The van der Waals surface area contributed by atoms with Crippen molar-refractivity contribution in [3.8, 4) is 0 Å². The van der Waals surface area contributed by atoms with E-state index in [4.69, 9.17) is 5.11 Å². The van der Waals surface area contributed by atoms with Gasteiger partial charge in [-0.25, -0.2) is 13.2 Å². The van der Waals surface area contributed by atoms with Crippen LogP contribution in [0.25, 0.3) is 0 Å². The van der Waals surface area contributed by atoms with Gasteiger partial charge in [0.2, 0.25) is 0 Å². The molecule has 0 amide bonds. The van der Waals surface area contributed by atoms with E-state index in [1.54, 1.807) is 0 Å². The minimum absolute atomic E-state index is 0.0623. The van der Waals surface area contributed by atoms with Crippen LogP contribution in [0.4, 0.5) is 0 Å². The highest BCUT2D eigenvalue weighted by Gasteiger charge is 2.29. The SMILES string of the molecule is CCCC1CCCN(S(=O)(=O)c2ccc(C(=O)O)s2)CC1. The predicted octanol–water partition coefficient (Wildman–Crippen LogP) is 3.04. The van der Waals surface area contributed by atoms with E-state index in [0.29, 0.717) is 19.0 Å². The second-order valence-corrected chi connectivity index (χ2v) is 8.66. The smallest absolute Gasteiger partial charge is 0.345 e. The number of rotatable bonds is 5. The minimum atomic E-state index is -3.55. The first-order valence-corrected chi connectivity index (χ1v) is 9.54. The first-order chi connectivity index (χ1) is 9.95. The summed E-state index contributed by atoms with van der Waals surface area (Å²) in [6, 6.07) is 2.76. The lowest BCUT2D eigenvalue weighted by molar-refractivity contribution is 0.0702. The highest BCUT2D eigenvalue weighted by molar-refractivity contribution is 7.91. The predicted molar refractivity (Wildman–Crippen MR) is 82.3 cm³/mol. The zero-order valence-electron chi connectivity index (χ0n) is 12.1. The fourth-order valence-corrected chi connectivity index (χ4v) is 5.57. The molecule has 118 valence electrons. The number of carbonyl (C=O) groups is 1. The van der Waals surface area contributed by atoms with Crippen molar-refractivity contribution in [1.29, 1.82) is 0 Å². The molecule has 2 heterocycles. The maximum absolute atomic E-state index is 12.6. The van der Waals surface area contributed by atoms with E-state index in [-0.39, 0.29) is 9.09 Å². The number of sulfonamides is 1. The van der Waals surface area contributed by atoms with Gasteiger partial charge in [0, 0.05) is 13.1 Å². The van der Waals surface area contributed by atoms with Crippen molar-refractivity contribution in [3.05, 3.63) is 17.0 Å². The molecule has 0 spiro atoms. The number of nitrogens with zero attached hydrogens (tertiary/aromatic N) is 1. The number of hydrogen-bond donors (Lipinski definition) is 1. The lowest BCUT2D eigenvalue weighted by Gasteiger charge is -2.19. The first kappa shape index (κ1) is 16.5. The summed E-state index contributed by atoms with van der Waals surface area (Å²) in [6.07, 6.45) is 5.12. The van der Waals surface area contributed by atoms with Crippen molar-refractivity contribution in [3.63, 3.8) is 0 Å². The number of carboxylic acids is 1. The normalized spacial score (nSPS) is 21.1. The summed E-state index contributed by atoms with van der Waals surface area (Å²) in [6.45, 7) is 3.22. The number of carboxylic acid groups (broad SMARTS) is 1. The lowest BCUT2D eigenvalue weighted by Crippen LogP contribution is -2.31.